The van der Waals surface area contributed by atoms with Crippen LogP contribution in [0, 0.1) is 5.82 Å². The third-order valence-corrected chi connectivity index (χ3v) is 5.59. The van der Waals surface area contributed by atoms with Crippen LogP contribution in [0.15, 0.2) is 36.4 Å². The van der Waals surface area contributed by atoms with E-state index in [-0.39, 0.29) is 23.8 Å². The summed E-state index contributed by atoms with van der Waals surface area (Å²) in [5.74, 6) is -0.107. The van der Waals surface area contributed by atoms with E-state index in [9.17, 15) is 9.18 Å². The summed E-state index contributed by atoms with van der Waals surface area (Å²) in [6.07, 6.45) is 0.434. The monoisotopic (exact) mass is 376 g/mol. The summed E-state index contributed by atoms with van der Waals surface area (Å²) in [5, 5.41) is 3.33. The molecule has 140 valence electrons. The lowest BCUT2D eigenvalue weighted by Crippen LogP contribution is -2.46. The average Bonchev–Trinajstić information content (AvgIpc) is 3.09. The number of benzene rings is 1. The molecule has 0 spiro atoms. The van der Waals surface area contributed by atoms with Gasteiger partial charge in [0.05, 0.1) is 19.8 Å². The van der Waals surface area contributed by atoms with Crippen LogP contribution < -0.4 is 5.32 Å². The summed E-state index contributed by atoms with van der Waals surface area (Å²) in [5.41, 5.74) is 0.606. The lowest BCUT2D eigenvalue weighted by atomic mass is 10.1. The minimum atomic E-state index is -0.221. The number of ether oxygens (including phenoxy) is 1. The fraction of sp³-hybridized carbons (Fsp3) is 0.450. The summed E-state index contributed by atoms with van der Waals surface area (Å²) >= 11 is 1.54. The number of rotatable bonds is 6. The Bertz CT molecular complexity index is 741. The summed E-state index contributed by atoms with van der Waals surface area (Å²) in [6, 6.07) is 10.9. The van der Waals surface area contributed by atoms with Crippen molar-refractivity contribution in [3.05, 3.63) is 47.1 Å². The zero-order chi connectivity index (χ0) is 18.5. The fourth-order valence-corrected chi connectivity index (χ4v) is 4.11. The van der Waals surface area contributed by atoms with E-state index in [4.69, 9.17) is 4.74 Å². The number of hydrogen-bond donors (Lipinski definition) is 1. The van der Waals surface area contributed by atoms with Crippen molar-refractivity contribution in [2.24, 2.45) is 0 Å². The fourth-order valence-electron chi connectivity index (χ4n) is 3.07. The van der Waals surface area contributed by atoms with Gasteiger partial charge in [-0.3, -0.25) is 4.79 Å². The molecule has 1 atom stereocenters. The van der Waals surface area contributed by atoms with Crippen LogP contribution in [0.3, 0.4) is 0 Å². The van der Waals surface area contributed by atoms with Crippen molar-refractivity contribution in [1.82, 2.24) is 10.2 Å². The Kier molecular flexibility index (Phi) is 6.40. The predicted octanol–water partition coefficient (Wildman–Crippen LogP) is 3.67. The zero-order valence-electron chi connectivity index (χ0n) is 15.2. The number of morpholine rings is 1. The minimum Gasteiger partial charge on any atom is -0.378 e. The number of carbonyl (C=O) groups excluding carboxylic acids is 1. The van der Waals surface area contributed by atoms with Gasteiger partial charge >= 0.3 is 0 Å². The second kappa shape index (κ2) is 8.75. The highest BCUT2D eigenvalue weighted by Gasteiger charge is 2.23. The largest absolute Gasteiger partial charge is 0.378 e. The second-order valence-electron chi connectivity index (χ2n) is 6.79. The Balaban J connectivity index is 1.68. The third-order valence-electron chi connectivity index (χ3n) is 4.49. The number of thiophene rings is 1. The van der Waals surface area contributed by atoms with Gasteiger partial charge in [0.2, 0.25) is 5.91 Å². The molecule has 1 aliphatic heterocycles. The Labute approximate surface area is 158 Å². The number of hydrogen-bond acceptors (Lipinski definition) is 4. The highest BCUT2D eigenvalue weighted by atomic mass is 32.1. The quantitative estimate of drug-likeness (QED) is 0.836. The standard InChI is InChI=1S/C20H25FN2O2S/c1-14(2)23(20(24)11-15-13-25-10-9-22-15)12-16-7-8-19(26-16)17-5-3-4-6-18(17)21/h3-8,14-15,22H,9-13H2,1-2H3. The van der Waals surface area contributed by atoms with Crippen molar-refractivity contribution < 1.29 is 13.9 Å². The van der Waals surface area contributed by atoms with Gasteiger partial charge < -0.3 is 15.0 Å². The third kappa shape index (κ3) is 4.69. The summed E-state index contributed by atoms with van der Waals surface area (Å²) < 4.78 is 19.4. The van der Waals surface area contributed by atoms with Crippen LogP contribution >= 0.6 is 11.3 Å². The minimum absolute atomic E-state index is 0.0785. The Morgan fingerprint density at radius 1 is 1.35 bits per heavy atom. The van der Waals surface area contributed by atoms with Crippen LogP contribution in [-0.2, 0) is 16.1 Å². The van der Waals surface area contributed by atoms with E-state index >= 15 is 0 Å². The molecule has 0 bridgehead atoms. The molecular weight excluding hydrogens is 351 g/mol. The molecule has 1 fully saturated rings. The first-order valence-electron chi connectivity index (χ1n) is 8.99. The number of nitrogens with zero attached hydrogens (tertiary/aromatic N) is 1. The van der Waals surface area contributed by atoms with Gasteiger partial charge in [0.1, 0.15) is 5.82 Å². The Hall–Kier alpha value is -1.76. The molecule has 1 saturated heterocycles. The normalized spacial score (nSPS) is 17.5. The second-order valence-corrected chi connectivity index (χ2v) is 7.96. The smallest absolute Gasteiger partial charge is 0.224 e. The summed E-state index contributed by atoms with van der Waals surface area (Å²) in [6.45, 7) is 6.66. The lowest BCUT2D eigenvalue weighted by Gasteiger charge is -2.30. The highest BCUT2D eigenvalue weighted by Crippen LogP contribution is 2.31. The maximum absolute atomic E-state index is 14.0. The van der Waals surface area contributed by atoms with E-state index in [1.165, 1.54) is 17.4 Å². The van der Waals surface area contributed by atoms with Crippen molar-refractivity contribution in [3.63, 3.8) is 0 Å². The molecule has 26 heavy (non-hydrogen) atoms. The summed E-state index contributed by atoms with van der Waals surface area (Å²) in [4.78, 5) is 16.6. The molecule has 2 heterocycles. The molecular formula is C20H25FN2O2S. The molecule has 1 aliphatic rings. The van der Waals surface area contributed by atoms with Crippen LogP contribution in [0.5, 0.6) is 0 Å². The van der Waals surface area contributed by atoms with Crippen LogP contribution in [-0.4, -0.2) is 42.6 Å². The first-order chi connectivity index (χ1) is 12.5. The Morgan fingerprint density at radius 2 is 2.15 bits per heavy atom. The molecule has 0 radical (unpaired) electrons. The van der Waals surface area contributed by atoms with Gasteiger partial charge in [-0.05, 0) is 32.0 Å². The van der Waals surface area contributed by atoms with Crippen LogP contribution in [0.4, 0.5) is 4.39 Å². The molecule has 0 saturated carbocycles. The lowest BCUT2D eigenvalue weighted by molar-refractivity contribution is -0.134. The van der Waals surface area contributed by atoms with Crippen LogP contribution in [0.25, 0.3) is 10.4 Å². The van der Waals surface area contributed by atoms with Gasteiger partial charge in [0.25, 0.3) is 0 Å². The highest BCUT2D eigenvalue weighted by molar-refractivity contribution is 7.15. The van der Waals surface area contributed by atoms with Crippen molar-refractivity contribution in [2.45, 2.75) is 38.9 Å². The van der Waals surface area contributed by atoms with Crippen molar-refractivity contribution in [3.8, 4) is 10.4 Å². The van der Waals surface area contributed by atoms with E-state index < -0.39 is 0 Å². The number of carbonyl (C=O) groups is 1. The molecule has 6 heteroatoms. The van der Waals surface area contributed by atoms with Crippen LogP contribution in [0.2, 0.25) is 0 Å². The van der Waals surface area contributed by atoms with E-state index in [2.05, 4.69) is 5.32 Å². The Morgan fingerprint density at radius 3 is 2.85 bits per heavy atom. The predicted molar refractivity (Wildman–Crippen MR) is 103 cm³/mol. The topological polar surface area (TPSA) is 41.6 Å². The molecule has 3 rings (SSSR count). The number of amides is 1. The van der Waals surface area contributed by atoms with Gasteiger partial charge in [-0.1, -0.05) is 18.2 Å². The van der Waals surface area contributed by atoms with E-state index in [1.807, 2.05) is 36.9 Å². The molecule has 1 aromatic heterocycles. The first-order valence-corrected chi connectivity index (χ1v) is 9.80. The molecule has 4 nitrogen and oxygen atoms in total. The van der Waals surface area contributed by atoms with E-state index in [0.29, 0.717) is 31.7 Å². The molecule has 1 unspecified atom stereocenters. The maximum atomic E-state index is 14.0. The molecule has 1 N–H and O–H groups in total. The summed E-state index contributed by atoms with van der Waals surface area (Å²) in [7, 11) is 0. The van der Waals surface area contributed by atoms with Gasteiger partial charge in [-0.25, -0.2) is 4.39 Å². The van der Waals surface area contributed by atoms with E-state index in [1.54, 1.807) is 12.1 Å². The zero-order valence-corrected chi connectivity index (χ0v) is 16.0. The molecule has 1 aromatic carbocycles. The number of halogens is 1. The first kappa shape index (κ1) is 19.0. The van der Waals surface area contributed by atoms with Gasteiger partial charge in [0.15, 0.2) is 0 Å². The van der Waals surface area contributed by atoms with Crippen molar-refractivity contribution in [1.29, 1.82) is 0 Å². The molecule has 2 aromatic rings. The van der Waals surface area contributed by atoms with Gasteiger partial charge in [-0.15, -0.1) is 11.3 Å². The van der Waals surface area contributed by atoms with Gasteiger partial charge in [0, 0.05) is 40.4 Å². The van der Waals surface area contributed by atoms with E-state index in [0.717, 1.165) is 16.3 Å². The molecule has 0 aliphatic carbocycles. The molecule has 1 amide bonds. The number of nitrogens with one attached hydrogen (secondary N) is 1. The van der Waals surface area contributed by atoms with Crippen molar-refractivity contribution in [2.75, 3.05) is 19.8 Å². The van der Waals surface area contributed by atoms with Gasteiger partial charge in [-0.2, -0.15) is 0 Å². The SMILES string of the molecule is CC(C)N(Cc1ccc(-c2ccccc2F)s1)C(=O)CC1COCCN1. The maximum Gasteiger partial charge on any atom is 0.224 e. The average molecular weight is 376 g/mol. The van der Waals surface area contributed by atoms with Crippen molar-refractivity contribution >= 4 is 17.2 Å². The van der Waals surface area contributed by atoms with Crippen LogP contribution in [0.1, 0.15) is 25.1 Å².